The highest BCUT2D eigenvalue weighted by Gasteiger charge is 2.21. The van der Waals surface area contributed by atoms with E-state index < -0.39 is 20.1 Å². The molecule has 1 saturated carbocycles. The lowest BCUT2D eigenvalue weighted by molar-refractivity contribution is -0.0164. The van der Waals surface area contributed by atoms with Crippen LogP contribution in [0.1, 0.15) is 31.2 Å². The Labute approximate surface area is 202 Å². The van der Waals surface area contributed by atoms with Gasteiger partial charge in [0.25, 0.3) is 5.56 Å². The first-order valence-electron chi connectivity index (χ1n) is 11.3. The molecule has 0 bridgehead atoms. The maximum Gasteiger partial charge on any atom is 0.510 e. The molecule has 12 nitrogen and oxygen atoms in total. The number of aromatic amines is 1. The Morgan fingerprint density at radius 1 is 1.20 bits per heavy atom. The van der Waals surface area contributed by atoms with Crippen LogP contribution in [0.3, 0.4) is 0 Å². The number of imidazole rings is 1. The van der Waals surface area contributed by atoms with Gasteiger partial charge in [-0.25, -0.2) is 9.78 Å². The van der Waals surface area contributed by atoms with Crippen molar-refractivity contribution in [3.63, 3.8) is 0 Å². The van der Waals surface area contributed by atoms with Crippen molar-refractivity contribution in [3.8, 4) is 0 Å². The molecule has 1 aromatic carbocycles. The zero-order valence-electron chi connectivity index (χ0n) is 19.1. The third-order valence-electron chi connectivity index (χ3n) is 5.32. The Morgan fingerprint density at radius 3 is 2.80 bits per heavy atom. The minimum atomic E-state index is -1.51. The molecule has 2 aromatic heterocycles. The topological polar surface area (TPSA) is 153 Å². The van der Waals surface area contributed by atoms with Gasteiger partial charge in [-0.3, -0.25) is 14.3 Å². The van der Waals surface area contributed by atoms with E-state index in [9.17, 15) is 9.59 Å². The van der Waals surface area contributed by atoms with Gasteiger partial charge < -0.3 is 29.0 Å². The van der Waals surface area contributed by atoms with Crippen molar-refractivity contribution in [2.75, 3.05) is 25.5 Å². The molecule has 13 heteroatoms. The summed E-state index contributed by atoms with van der Waals surface area (Å²) in [7, 11) is -1.51. The van der Waals surface area contributed by atoms with Crippen LogP contribution in [0.2, 0.25) is 0 Å². The number of nitrogens with zero attached hydrogens (tertiary/aromatic N) is 3. The number of fused-ring (bicyclic) bond motifs is 1. The van der Waals surface area contributed by atoms with Gasteiger partial charge >= 0.3 is 6.16 Å². The number of hydrogen-bond acceptors (Lipinski definition) is 10. The van der Waals surface area contributed by atoms with Gasteiger partial charge in [0.2, 0.25) is 21.1 Å². The van der Waals surface area contributed by atoms with Crippen LogP contribution in [0.4, 0.5) is 10.7 Å². The molecule has 1 fully saturated rings. The molecule has 3 aromatic rings. The number of rotatable bonds is 12. The molecule has 0 saturated heterocycles. The van der Waals surface area contributed by atoms with Crippen LogP contribution in [0.25, 0.3) is 11.2 Å². The summed E-state index contributed by atoms with van der Waals surface area (Å²) in [6.07, 6.45) is 4.65. The summed E-state index contributed by atoms with van der Waals surface area (Å²) < 4.78 is 29.3. The van der Waals surface area contributed by atoms with Crippen molar-refractivity contribution >= 4 is 31.6 Å². The number of anilines is 1. The summed E-state index contributed by atoms with van der Waals surface area (Å²) in [4.78, 5) is 34.4. The Morgan fingerprint density at radius 2 is 2.00 bits per heavy atom. The van der Waals surface area contributed by atoms with Gasteiger partial charge in [0.1, 0.15) is 12.5 Å². The number of benzene rings is 1. The lowest BCUT2D eigenvalue weighted by atomic mass is 10.2. The van der Waals surface area contributed by atoms with E-state index in [-0.39, 0.29) is 37.3 Å². The van der Waals surface area contributed by atoms with Crippen LogP contribution in [-0.4, -0.2) is 51.5 Å². The summed E-state index contributed by atoms with van der Waals surface area (Å²) >= 11 is 0. The van der Waals surface area contributed by atoms with Gasteiger partial charge in [0.15, 0.2) is 11.2 Å². The number of nitrogens with one attached hydrogen (secondary N) is 1. The van der Waals surface area contributed by atoms with E-state index >= 15 is 0 Å². The van der Waals surface area contributed by atoms with Crippen LogP contribution >= 0.6 is 8.38 Å². The van der Waals surface area contributed by atoms with E-state index in [1.54, 1.807) is 4.57 Å². The van der Waals surface area contributed by atoms with Crippen molar-refractivity contribution in [2.24, 2.45) is 0 Å². The maximum absolute atomic E-state index is 11.9. The smallest absolute Gasteiger partial charge is 0.431 e. The molecule has 188 valence electrons. The monoisotopic (exact) mass is 505 g/mol. The lowest BCUT2D eigenvalue weighted by Crippen LogP contribution is -2.17. The van der Waals surface area contributed by atoms with Crippen molar-refractivity contribution in [2.45, 2.75) is 44.9 Å². The molecule has 0 aliphatic heterocycles. The summed E-state index contributed by atoms with van der Waals surface area (Å²) in [6.45, 7) is 0.688. The minimum Gasteiger partial charge on any atom is -0.431 e. The largest absolute Gasteiger partial charge is 0.510 e. The first-order chi connectivity index (χ1) is 17.1. The van der Waals surface area contributed by atoms with Gasteiger partial charge in [-0.15, -0.1) is 0 Å². The second-order valence-corrected chi connectivity index (χ2v) is 9.30. The van der Waals surface area contributed by atoms with E-state index in [1.807, 2.05) is 30.3 Å². The number of nitrogens with two attached hydrogens (primary N) is 1. The van der Waals surface area contributed by atoms with Gasteiger partial charge in [-0.1, -0.05) is 30.3 Å². The molecule has 4 rings (SSSR count). The highest BCUT2D eigenvalue weighted by atomic mass is 31.2. The number of hydrogen-bond donors (Lipinski definition) is 2. The zero-order valence-corrected chi connectivity index (χ0v) is 20.0. The van der Waals surface area contributed by atoms with Crippen LogP contribution in [0.15, 0.2) is 41.5 Å². The molecule has 1 atom stereocenters. The van der Waals surface area contributed by atoms with Gasteiger partial charge in [-0.2, -0.15) is 4.98 Å². The maximum atomic E-state index is 11.9. The van der Waals surface area contributed by atoms with Crippen LogP contribution in [0, 0.1) is 0 Å². The fraction of sp³-hybridized carbons (Fsp3) is 0.455. The van der Waals surface area contributed by atoms with E-state index in [0.717, 1.165) is 31.2 Å². The second-order valence-electron chi connectivity index (χ2n) is 7.86. The summed E-state index contributed by atoms with van der Waals surface area (Å²) in [5.41, 5.74) is 6.79. The first kappa shape index (κ1) is 25.1. The quantitative estimate of drug-likeness (QED) is 0.162. The Kier molecular flexibility index (Phi) is 9.02. The molecule has 0 amide bonds. The number of carbonyl (C=O) groups excluding carboxylic acids is 1. The molecule has 1 aliphatic carbocycles. The summed E-state index contributed by atoms with van der Waals surface area (Å²) in [6, 6.07) is 9.64. The van der Waals surface area contributed by atoms with Crippen molar-refractivity contribution in [1.82, 2.24) is 19.5 Å². The van der Waals surface area contributed by atoms with Gasteiger partial charge in [0, 0.05) is 6.54 Å². The first-order valence-corrected chi connectivity index (χ1v) is 12.6. The Hall–Kier alpha value is -3.05. The summed E-state index contributed by atoms with van der Waals surface area (Å²) in [5, 5.41) is 0. The van der Waals surface area contributed by atoms with E-state index in [1.165, 1.54) is 6.33 Å². The average molecular weight is 505 g/mol. The fourth-order valence-electron chi connectivity index (χ4n) is 3.58. The third-order valence-corrected chi connectivity index (χ3v) is 6.53. The highest BCUT2D eigenvalue weighted by molar-refractivity contribution is 7.46. The van der Waals surface area contributed by atoms with Crippen LogP contribution < -0.4 is 11.3 Å². The molecule has 1 unspecified atom stereocenters. The number of aromatic nitrogens is 4. The second kappa shape index (κ2) is 12.6. The van der Waals surface area contributed by atoms with Crippen molar-refractivity contribution < 1.29 is 28.1 Å². The molecule has 0 spiro atoms. The predicted molar refractivity (Wildman–Crippen MR) is 127 cm³/mol. The molecule has 35 heavy (non-hydrogen) atoms. The standard InChI is InChI=1S/C22H28N5O7P/c23-21-25-19-18(20(28)26-21)24-13-27(19)10-11-30-15-35(32-12-16-6-2-1-3-7-16)33-14-31-22(29)34-17-8-4-5-9-17/h1-3,6-7,13,17H,4-5,8-12,14-15H2,(H3,23,25,26,28). The SMILES string of the molecule is Nc1nc2c(ncn2CCOCP(OCOC(=O)OC2CCCC2)OCc2ccccc2)c(=O)[nH]1. The van der Waals surface area contributed by atoms with Crippen molar-refractivity contribution in [3.05, 3.63) is 52.6 Å². The predicted octanol–water partition coefficient (Wildman–Crippen LogP) is 3.27. The fourth-order valence-corrected chi connectivity index (χ4v) is 4.54. The van der Waals surface area contributed by atoms with E-state index in [4.69, 9.17) is 29.0 Å². The normalized spacial score (nSPS) is 14.9. The molecular formula is C22H28N5O7P. The van der Waals surface area contributed by atoms with Crippen molar-refractivity contribution in [1.29, 1.82) is 0 Å². The highest BCUT2D eigenvalue weighted by Crippen LogP contribution is 2.39. The minimum absolute atomic E-state index is 0.0165. The average Bonchev–Trinajstić information content (AvgIpc) is 3.50. The molecule has 0 radical (unpaired) electrons. The number of carbonyl (C=O) groups is 1. The van der Waals surface area contributed by atoms with Gasteiger partial charge in [0.05, 0.1) is 19.5 Å². The van der Waals surface area contributed by atoms with Crippen LogP contribution in [-0.2, 0) is 36.4 Å². The lowest BCUT2D eigenvalue weighted by Gasteiger charge is -2.18. The van der Waals surface area contributed by atoms with Crippen LogP contribution in [0.5, 0.6) is 0 Å². The molecule has 3 N–H and O–H groups in total. The summed E-state index contributed by atoms with van der Waals surface area (Å²) in [5.74, 6) is 0.0165. The van der Waals surface area contributed by atoms with E-state index in [2.05, 4.69) is 15.0 Å². The molecular weight excluding hydrogens is 477 g/mol. The number of H-pyrrole nitrogens is 1. The van der Waals surface area contributed by atoms with E-state index in [0.29, 0.717) is 18.8 Å². The Bertz CT molecular complexity index is 1150. The number of ether oxygens (including phenoxy) is 3. The molecule has 1 aliphatic rings. The van der Waals surface area contributed by atoms with Gasteiger partial charge in [-0.05, 0) is 31.2 Å². The molecule has 2 heterocycles. The Balaban J connectivity index is 1.25. The zero-order chi connectivity index (χ0) is 24.5. The third kappa shape index (κ3) is 7.46. The number of nitrogen functional groups attached to an aromatic ring is 1.